The molecule has 0 radical (unpaired) electrons. The summed E-state index contributed by atoms with van der Waals surface area (Å²) < 4.78 is 40.3. The molecule has 1 aliphatic rings. The highest BCUT2D eigenvalue weighted by atomic mass is 19.4. The maximum absolute atomic E-state index is 13.0. The summed E-state index contributed by atoms with van der Waals surface area (Å²) >= 11 is 0. The number of aliphatic imine (C=N–C) groups is 1. The lowest BCUT2D eigenvalue weighted by atomic mass is 10.1. The molecule has 12 heteroatoms. The summed E-state index contributed by atoms with van der Waals surface area (Å²) in [5.74, 6) is 0.120. The average molecular weight is 444 g/mol. The van der Waals surface area contributed by atoms with Gasteiger partial charge < -0.3 is 5.32 Å². The van der Waals surface area contributed by atoms with Gasteiger partial charge in [0.25, 0.3) is 11.2 Å². The molecule has 164 valence electrons. The van der Waals surface area contributed by atoms with Crippen molar-refractivity contribution in [1.82, 2.24) is 9.55 Å². The Morgan fingerprint density at radius 2 is 1.91 bits per heavy atom. The maximum Gasteiger partial charge on any atom is 0.416 e. The first-order valence-corrected chi connectivity index (χ1v) is 9.25. The van der Waals surface area contributed by atoms with E-state index < -0.39 is 28.4 Å². The number of aryl methyl sites for hydroxylation is 1. The number of nitro benzene ring substituents is 1. The van der Waals surface area contributed by atoms with Gasteiger partial charge in [-0.3, -0.25) is 24.8 Å². The lowest BCUT2D eigenvalue weighted by Gasteiger charge is -2.27. The molecule has 1 aromatic heterocycles. The van der Waals surface area contributed by atoms with E-state index in [0.717, 1.165) is 12.1 Å². The quantitative estimate of drug-likeness (QED) is 0.468. The van der Waals surface area contributed by atoms with Gasteiger partial charge in [0.1, 0.15) is 0 Å². The third kappa shape index (κ3) is 4.15. The molecule has 2 aromatic carbocycles. The number of nitrogens with zero attached hydrogens (tertiary/aromatic N) is 4. The predicted octanol–water partition coefficient (Wildman–Crippen LogP) is 3.92. The number of non-ortho nitro benzene ring substituents is 1. The topological polar surface area (TPSA) is 114 Å². The summed E-state index contributed by atoms with van der Waals surface area (Å²) in [6, 6.07) is 11.4. The van der Waals surface area contributed by atoms with Crippen LogP contribution in [-0.2, 0) is 6.18 Å². The number of fused-ring (bicyclic) bond motifs is 1. The van der Waals surface area contributed by atoms with Crippen LogP contribution in [0.4, 0.5) is 30.5 Å². The smallest absolute Gasteiger partial charge is 0.326 e. The van der Waals surface area contributed by atoms with Crippen LogP contribution in [-0.4, -0.2) is 20.4 Å². The van der Waals surface area contributed by atoms with Crippen molar-refractivity contribution in [3.05, 3.63) is 91.9 Å². The summed E-state index contributed by atoms with van der Waals surface area (Å²) in [7, 11) is 0. The lowest BCUT2D eigenvalue weighted by molar-refractivity contribution is -0.384. The number of nitro groups is 1. The largest absolute Gasteiger partial charge is 0.416 e. The van der Waals surface area contributed by atoms with Gasteiger partial charge in [-0.2, -0.15) is 13.2 Å². The number of halogens is 3. The molecule has 1 atom stereocenters. The number of anilines is 2. The monoisotopic (exact) mass is 444 g/mol. The molecule has 2 heterocycles. The SMILES string of the molecule is Cc1cc(=O)n2c(n1)NC(Nc1cccc(C(F)(F)F)c1)=N[C@@H]2c1cccc([N+](=O)[O-])c1. The molecule has 0 spiro atoms. The van der Waals surface area contributed by atoms with Gasteiger partial charge >= 0.3 is 6.18 Å². The molecule has 0 amide bonds. The van der Waals surface area contributed by atoms with Gasteiger partial charge in [0.2, 0.25) is 11.9 Å². The fraction of sp³-hybridized carbons (Fsp3) is 0.150. The Morgan fingerprint density at radius 1 is 1.16 bits per heavy atom. The van der Waals surface area contributed by atoms with E-state index in [0.29, 0.717) is 11.3 Å². The van der Waals surface area contributed by atoms with E-state index in [-0.39, 0.29) is 23.3 Å². The Hall–Kier alpha value is -4.22. The third-order valence-corrected chi connectivity index (χ3v) is 4.64. The molecule has 0 aliphatic carbocycles. The van der Waals surface area contributed by atoms with Crippen LogP contribution in [0.3, 0.4) is 0 Å². The van der Waals surface area contributed by atoms with Crippen LogP contribution < -0.4 is 16.2 Å². The average Bonchev–Trinajstić information content (AvgIpc) is 2.72. The minimum absolute atomic E-state index is 0.0262. The molecule has 1 aliphatic heterocycles. The van der Waals surface area contributed by atoms with E-state index in [2.05, 4.69) is 20.6 Å². The van der Waals surface area contributed by atoms with Crippen molar-refractivity contribution in [3.63, 3.8) is 0 Å². The zero-order valence-electron chi connectivity index (χ0n) is 16.4. The van der Waals surface area contributed by atoms with E-state index in [1.807, 2.05) is 0 Å². The van der Waals surface area contributed by atoms with Gasteiger partial charge in [-0.25, -0.2) is 9.98 Å². The van der Waals surface area contributed by atoms with Crippen LogP contribution in [0, 0.1) is 17.0 Å². The van der Waals surface area contributed by atoms with Gasteiger partial charge in [0.05, 0.1) is 10.5 Å². The zero-order chi connectivity index (χ0) is 23.0. The number of benzene rings is 2. The molecule has 0 bridgehead atoms. The Balaban J connectivity index is 1.79. The highest BCUT2D eigenvalue weighted by molar-refractivity contribution is 6.03. The summed E-state index contributed by atoms with van der Waals surface area (Å²) in [6.45, 7) is 1.61. The third-order valence-electron chi connectivity index (χ3n) is 4.64. The van der Waals surface area contributed by atoms with Crippen molar-refractivity contribution >= 4 is 23.3 Å². The first kappa shape index (κ1) is 21.0. The fourth-order valence-corrected chi connectivity index (χ4v) is 3.24. The van der Waals surface area contributed by atoms with E-state index in [4.69, 9.17) is 0 Å². The van der Waals surface area contributed by atoms with Crippen molar-refractivity contribution < 1.29 is 18.1 Å². The number of aromatic nitrogens is 2. The number of guanidine groups is 1. The van der Waals surface area contributed by atoms with Crippen LogP contribution >= 0.6 is 0 Å². The standard InChI is InChI=1S/C20H15F3N6O3/c1-11-8-16(30)28-17(12-4-2-7-15(9-12)29(31)32)26-18(27-19(28)24-11)25-14-6-3-5-13(10-14)20(21,22)23/h2-10,17H,1H3,(H2,24,25,26,27)/t17-/m0/s1. The van der Waals surface area contributed by atoms with Gasteiger partial charge in [-0.15, -0.1) is 0 Å². The molecular weight excluding hydrogens is 429 g/mol. The first-order valence-electron chi connectivity index (χ1n) is 9.25. The van der Waals surface area contributed by atoms with E-state index in [1.54, 1.807) is 13.0 Å². The minimum atomic E-state index is -4.52. The molecule has 0 saturated carbocycles. The Bertz CT molecular complexity index is 1300. The molecule has 3 aromatic rings. The second kappa shape index (κ2) is 7.80. The molecule has 9 nitrogen and oxygen atoms in total. The Labute approximate surface area is 178 Å². The van der Waals surface area contributed by atoms with Crippen molar-refractivity contribution in [3.8, 4) is 0 Å². The van der Waals surface area contributed by atoms with E-state index in [1.165, 1.54) is 41.0 Å². The fourth-order valence-electron chi connectivity index (χ4n) is 3.24. The number of rotatable bonds is 3. The van der Waals surface area contributed by atoms with Crippen LogP contribution in [0.15, 0.2) is 64.4 Å². The number of nitrogens with one attached hydrogen (secondary N) is 2. The molecular formula is C20H15F3N6O3. The molecule has 32 heavy (non-hydrogen) atoms. The summed E-state index contributed by atoms with van der Waals surface area (Å²) in [5, 5.41) is 16.7. The maximum atomic E-state index is 13.0. The van der Waals surface area contributed by atoms with Gasteiger partial charge in [0, 0.05) is 35.1 Å². The zero-order valence-corrected chi connectivity index (χ0v) is 16.4. The van der Waals surface area contributed by atoms with Crippen LogP contribution in [0.1, 0.15) is 23.0 Å². The highest BCUT2D eigenvalue weighted by Crippen LogP contribution is 2.31. The molecule has 0 saturated heterocycles. The Morgan fingerprint density at radius 3 is 2.62 bits per heavy atom. The number of hydrogen-bond donors (Lipinski definition) is 2. The number of alkyl halides is 3. The summed E-state index contributed by atoms with van der Waals surface area (Å²) in [5.41, 5.74) is -0.645. The first-order chi connectivity index (χ1) is 15.1. The van der Waals surface area contributed by atoms with Crippen LogP contribution in [0.25, 0.3) is 0 Å². The van der Waals surface area contributed by atoms with Crippen molar-refractivity contribution in [2.75, 3.05) is 10.6 Å². The van der Waals surface area contributed by atoms with Crippen molar-refractivity contribution in [1.29, 1.82) is 0 Å². The normalized spacial score (nSPS) is 15.4. The lowest BCUT2D eigenvalue weighted by Crippen LogP contribution is -2.37. The van der Waals surface area contributed by atoms with Crippen molar-refractivity contribution in [2.45, 2.75) is 19.3 Å². The summed E-state index contributed by atoms with van der Waals surface area (Å²) in [6.07, 6.45) is -5.55. The number of hydrogen-bond acceptors (Lipinski definition) is 7. The highest BCUT2D eigenvalue weighted by Gasteiger charge is 2.31. The minimum Gasteiger partial charge on any atom is -0.326 e. The Kier molecular flexibility index (Phi) is 5.12. The van der Waals surface area contributed by atoms with Gasteiger partial charge in [0.15, 0.2) is 6.17 Å². The van der Waals surface area contributed by atoms with Crippen LogP contribution in [0.5, 0.6) is 0 Å². The molecule has 0 unspecified atom stereocenters. The van der Waals surface area contributed by atoms with Crippen LogP contribution in [0.2, 0.25) is 0 Å². The second-order valence-corrected chi connectivity index (χ2v) is 6.96. The second-order valence-electron chi connectivity index (χ2n) is 6.96. The molecule has 0 fully saturated rings. The van der Waals surface area contributed by atoms with E-state index >= 15 is 0 Å². The van der Waals surface area contributed by atoms with Gasteiger partial charge in [-0.1, -0.05) is 18.2 Å². The predicted molar refractivity (Wildman–Crippen MR) is 111 cm³/mol. The van der Waals surface area contributed by atoms with E-state index in [9.17, 15) is 28.1 Å². The molecule has 2 N–H and O–H groups in total. The van der Waals surface area contributed by atoms with Gasteiger partial charge in [-0.05, 0) is 25.1 Å². The summed E-state index contributed by atoms with van der Waals surface area (Å²) in [4.78, 5) is 31.9. The van der Waals surface area contributed by atoms with Crippen molar-refractivity contribution in [2.24, 2.45) is 4.99 Å². The molecule has 4 rings (SSSR count).